The summed E-state index contributed by atoms with van der Waals surface area (Å²) in [4.78, 5) is 16.4. The van der Waals surface area contributed by atoms with Crippen molar-refractivity contribution in [3.05, 3.63) is 44.7 Å². The van der Waals surface area contributed by atoms with Gasteiger partial charge in [0, 0.05) is 25.6 Å². The number of likely N-dealkylation sites (N-methyl/N-ethyl adjacent to an activating group) is 1. The zero-order valence-electron chi connectivity index (χ0n) is 14.8. The third-order valence-corrected chi connectivity index (χ3v) is 5.12. The molecule has 22 heavy (non-hydrogen) atoms. The number of benzene rings is 1. The number of allylic oxidation sites excluding steroid dienone is 1. The van der Waals surface area contributed by atoms with Crippen molar-refractivity contribution in [3.8, 4) is 0 Å². The van der Waals surface area contributed by atoms with Gasteiger partial charge in [0.25, 0.3) is 5.91 Å². The largest absolute Gasteiger partial charge is 0.354 e. The third kappa shape index (κ3) is 2.72. The molecule has 0 saturated heterocycles. The van der Waals surface area contributed by atoms with Gasteiger partial charge in [0.05, 0.1) is 0 Å². The normalized spacial score (nSPS) is 14.4. The molecule has 1 amide bonds. The van der Waals surface area contributed by atoms with Crippen LogP contribution in [-0.4, -0.2) is 18.7 Å². The number of carbonyl (C=O) groups is 1. The van der Waals surface area contributed by atoms with E-state index in [1.807, 2.05) is 6.92 Å². The molecule has 1 aliphatic rings. The monoisotopic (exact) mass is 298 g/mol. The van der Waals surface area contributed by atoms with Crippen molar-refractivity contribution in [2.45, 2.75) is 54.4 Å². The zero-order chi connectivity index (χ0) is 16.6. The molecule has 2 rings (SSSR count). The van der Waals surface area contributed by atoms with Crippen LogP contribution in [0.2, 0.25) is 0 Å². The van der Waals surface area contributed by atoms with Crippen LogP contribution in [0.25, 0.3) is 0 Å². The molecule has 0 spiro atoms. The maximum atomic E-state index is 11.8. The van der Waals surface area contributed by atoms with Crippen molar-refractivity contribution in [3.63, 3.8) is 0 Å². The summed E-state index contributed by atoms with van der Waals surface area (Å²) in [5.74, 6) is -0.0859. The highest BCUT2D eigenvalue weighted by molar-refractivity contribution is 6.03. The van der Waals surface area contributed by atoms with Crippen molar-refractivity contribution < 1.29 is 4.79 Å². The van der Waals surface area contributed by atoms with Crippen LogP contribution in [0.4, 0.5) is 0 Å². The topological polar surface area (TPSA) is 41.5 Å². The summed E-state index contributed by atoms with van der Waals surface area (Å²) >= 11 is 0. The van der Waals surface area contributed by atoms with Gasteiger partial charge in [0.2, 0.25) is 0 Å². The molecule has 0 saturated carbocycles. The van der Waals surface area contributed by atoms with Gasteiger partial charge in [-0.25, -0.2) is 0 Å². The minimum absolute atomic E-state index is 0.0859. The summed E-state index contributed by atoms with van der Waals surface area (Å²) in [5, 5.41) is 2.67. The summed E-state index contributed by atoms with van der Waals surface area (Å²) in [6.45, 7) is 13.0. The number of rotatable bonds is 3. The van der Waals surface area contributed by atoms with Crippen LogP contribution in [0.5, 0.6) is 0 Å². The fraction of sp³-hybridized carbons (Fsp3) is 0.474. The molecular weight excluding hydrogens is 272 g/mol. The molecule has 0 radical (unpaired) electrons. The van der Waals surface area contributed by atoms with Crippen LogP contribution >= 0.6 is 0 Å². The first-order valence-corrected chi connectivity index (χ1v) is 7.82. The predicted octanol–water partition coefficient (Wildman–Crippen LogP) is 3.64. The quantitative estimate of drug-likeness (QED) is 0.909. The van der Waals surface area contributed by atoms with Crippen molar-refractivity contribution in [1.29, 1.82) is 0 Å². The first kappa shape index (κ1) is 16.5. The van der Waals surface area contributed by atoms with Crippen LogP contribution < -0.4 is 5.32 Å². The number of amides is 1. The Bertz CT molecular complexity index is 680. The molecule has 1 aromatic carbocycles. The van der Waals surface area contributed by atoms with Gasteiger partial charge >= 0.3 is 0 Å². The molecule has 0 atom stereocenters. The van der Waals surface area contributed by atoms with Gasteiger partial charge in [0.1, 0.15) is 5.70 Å². The van der Waals surface area contributed by atoms with Crippen LogP contribution in [0, 0.1) is 34.6 Å². The maximum absolute atomic E-state index is 11.8. The molecule has 3 heteroatoms. The molecule has 1 heterocycles. The van der Waals surface area contributed by atoms with E-state index in [9.17, 15) is 4.79 Å². The Kier molecular flexibility index (Phi) is 4.55. The van der Waals surface area contributed by atoms with Gasteiger partial charge in [-0.1, -0.05) is 0 Å². The highest BCUT2D eigenvalue weighted by atomic mass is 16.1. The molecule has 0 aliphatic carbocycles. The van der Waals surface area contributed by atoms with Crippen LogP contribution in [0.3, 0.4) is 0 Å². The number of hydrogen-bond acceptors (Lipinski definition) is 2. The average molecular weight is 298 g/mol. The Hall–Kier alpha value is -1.90. The average Bonchev–Trinajstić information content (AvgIpc) is 2.87. The Morgan fingerprint density at radius 3 is 1.95 bits per heavy atom. The standard InChI is InChI=1S/C19H26N2O/c1-10-8-16(21-18(10)19(22)20-7)9-17-14(5)12(3)11(2)13(4)15(17)6/h8-9H2,1-7H3,(H,20,22). The summed E-state index contributed by atoms with van der Waals surface area (Å²) in [6, 6.07) is 0. The number of hydrogen-bond donors (Lipinski definition) is 1. The summed E-state index contributed by atoms with van der Waals surface area (Å²) in [7, 11) is 1.65. The van der Waals surface area contributed by atoms with Gasteiger partial charge in [-0.3, -0.25) is 9.79 Å². The lowest BCUT2D eigenvalue weighted by Crippen LogP contribution is -2.19. The van der Waals surface area contributed by atoms with E-state index < -0.39 is 0 Å². The van der Waals surface area contributed by atoms with E-state index in [4.69, 9.17) is 0 Å². The van der Waals surface area contributed by atoms with Crippen LogP contribution in [0.1, 0.15) is 46.7 Å². The van der Waals surface area contributed by atoms with Crippen molar-refractivity contribution >= 4 is 11.6 Å². The molecule has 0 unspecified atom stereocenters. The molecule has 0 fully saturated rings. The Morgan fingerprint density at radius 2 is 1.45 bits per heavy atom. The van der Waals surface area contributed by atoms with Crippen LogP contribution in [-0.2, 0) is 11.2 Å². The van der Waals surface area contributed by atoms with Crippen LogP contribution in [0.15, 0.2) is 16.3 Å². The highest BCUT2D eigenvalue weighted by Gasteiger charge is 2.21. The van der Waals surface area contributed by atoms with Gasteiger partial charge in [-0.05, 0) is 80.5 Å². The van der Waals surface area contributed by atoms with E-state index in [1.54, 1.807) is 7.05 Å². The summed E-state index contributed by atoms with van der Waals surface area (Å²) in [5.41, 5.74) is 10.9. The lowest BCUT2D eigenvalue weighted by molar-refractivity contribution is -0.117. The lowest BCUT2D eigenvalue weighted by Gasteiger charge is -2.18. The number of aliphatic imine (C=N–C) groups is 1. The number of nitrogens with zero attached hydrogens (tertiary/aromatic N) is 1. The van der Waals surface area contributed by atoms with E-state index in [0.717, 1.165) is 24.1 Å². The second kappa shape index (κ2) is 6.07. The summed E-state index contributed by atoms with van der Waals surface area (Å²) in [6.07, 6.45) is 1.63. The van der Waals surface area contributed by atoms with Gasteiger partial charge < -0.3 is 5.32 Å². The van der Waals surface area contributed by atoms with Crippen molar-refractivity contribution in [2.75, 3.05) is 7.05 Å². The first-order valence-electron chi connectivity index (χ1n) is 7.82. The Balaban J connectivity index is 2.37. The Labute approximate surface area is 133 Å². The fourth-order valence-corrected chi connectivity index (χ4v) is 3.19. The zero-order valence-corrected chi connectivity index (χ0v) is 14.8. The second-order valence-corrected chi connectivity index (χ2v) is 6.34. The minimum Gasteiger partial charge on any atom is -0.354 e. The lowest BCUT2D eigenvalue weighted by atomic mass is 9.87. The Morgan fingerprint density at radius 1 is 0.955 bits per heavy atom. The highest BCUT2D eigenvalue weighted by Crippen LogP contribution is 2.29. The SMILES string of the molecule is CNC(=O)C1=C(C)CC(Cc2c(C)c(C)c(C)c(C)c2C)=N1. The van der Waals surface area contributed by atoms with E-state index in [1.165, 1.54) is 33.4 Å². The minimum atomic E-state index is -0.0859. The van der Waals surface area contributed by atoms with E-state index in [-0.39, 0.29) is 5.91 Å². The summed E-state index contributed by atoms with van der Waals surface area (Å²) < 4.78 is 0. The molecule has 0 aromatic heterocycles. The number of nitrogens with one attached hydrogen (secondary N) is 1. The third-order valence-electron chi connectivity index (χ3n) is 5.12. The van der Waals surface area contributed by atoms with E-state index >= 15 is 0 Å². The van der Waals surface area contributed by atoms with Crippen molar-refractivity contribution in [1.82, 2.24) is 5.32 Å². The molecular formula is C19H26N2O. The van der Waals surface area contributed by atoms with E-state index in [0.29, 0.717) is 5.70 Å². The molecule has 1 aromatic rings. The maximum Gasteiger partial charge on any atom is 0.269 e. The van der Waals surface area contributed by atoms with Gasteiger partial charge in [-0.2, -0.15) is 0 Å². The van der Waals surface area contributed by atoms with Crippen molar-refractivity contribution in [2.24, 2.45) is 4.99 Å². The molecule has 0 bridgehead atoms. The first-order chi connectivity index (χ1) is 10.3. The predicted molar refractivity (Wildman–Crippen MR) is 92.6 cm³/mol. The van der Waals surface area contributed by atoms with E-state index in [2.05, 4.69) is 44.9 Å². The molecule has 3 nitrogen and oxygen atoms in total. The second-order valence-electron chi connectivity index (χ2n) is 6.34. The van der Waals surface area contributed by atoms with Gasteiger partial charge in [0.15, 0.2) is 0 Å². The molecule has 118 valence electrons. The number of carbonyl (C=O) groups excluding carboxylic acids is 1. The molecule has 1 N–H and O–H groups in total. The molecule has 1 aliphatic heterocycles. The smallest absolute Gasteiger partial charge is 0.269 e. The fourth-order valence-electron chi connectivity index (χ4n) is 3.19. The van der Waals surface area contributed by atoms with Gasteiger partial charge in [-0.15, -0.1) is 0 Å².